The largest absolute Gasteiger partial charge is 0.471 e. The van der Waals surface area contributed by atoms with Gasteiger partial charge in [0.1, 0.15) is 12.7 Å². The number of anilines is 2. The summed E-state index contributed by atoms with van der Waals surface area (Å²) in [4.78, 5) is 84.9. The Morgan fingerprint density at radius 3 is 1.51 bits per heavy atom. The average Bonchev–Trinajstić information content (AvgIpc) is 4.12. The van der Waals surface area contributed by atoms with Gasteiger partial charge in [-0.1, -0.05) is 64.1 Å². The van der Waals surface area contributed by atoms with Gasteiger partial charge >= 0.3 is 24.2 Å². The molecule has 6 heterocycles. The van der Waals surface area contributed by atoms with E-state index in [2.05, 4.69) is 40.5 Å². The highest BCUT2D eigenvalue weighted by Crippen LogP contribution is 2.46. The van der Waals surface area contributed by atoms with Gasteiger partial charge in [-0.05, 0) is 30.7 Å². The molecule has 8 rings (SSSR count). The molecule has 2 aliphatic heterocycles. The van der Waals surface area contributed by atoms with Crippen LogP contribution in [-0.2, 0) is 28.6 Å². The lowest BCUT2D eigenvalue weighted by molar-refractivity contribution is -0.236. The molecule has 5 N–H and O–H groups in total. The van der Waals surface area contributed by atoms with Crippen molar-refractivity contribution >= 4 is 64.1 Å². The van der Waals surface area contributed by atoms with Crippen LogP contribution in [0.25, 0.3) is 22.3 Å². The van der Waals surface area contributed by atoms with Gasteiger partial charge < -0.3 is 40.6 Å². The number of aromatic nitrogens is 8. The maximum atomic E-state index is 13.1. The number of alkyl halides is 6. The molecule has 0 spiro atoms. The van der Waals surface area contributed by atoms with Crippen molar-refractivity contribution in [2.75, 3.05) is 17.2 Å². The van der Waals surface area contributed by atoms with Crippen LogP contribution in [0.2, 0.25) is 0 Å². The van der Waals surface area contributed by atoms with Crippen LogP contribution in [0.15, 0.2) is 86.0 Å². The van der Waals surface area contributed by atoms with E-state index in [0.717, 1.165) is 6.33 Å². The van der Waals surface area contributed by atoms with Gasteiger partial charge in [0, 0.05) is 29.4 Å². The number of nitrogens with zero attached hydrogens (tertiary/aromatic N) is 8. The first kappa shape index (κ1) is 51.2. The molecule has 27 heteroatoms. The van der Waals surface area contributed by atoms with Gasteiger partial charge in [-0.2, -0.15) is 26.3 Å². The van der Waals surface area contributed by atoms with E-state index in [1.54, 1.807) is 81.4 Å². The Bertz CT molecular complexity index is 2900. The highest BCUT2D eigenvalue weighted by molar-refractivity contribution is 6.07. The lowest BCUT2D eigenvalue weighted by Gasteiger charge is -2.30. The molecular weight excluding hydrogens is 955 g/mol. The van der Waals surface area contributed by atoms with Crippen molar-refractivity contribution in [3.63, 3.8) is 0 Å². The molecule has 2 saturated heterocycles. The van der Waals surface area contributed by atoms with Crippen molar-refractivity contribution in [3.05, 3.63) is 97.1 Å². The number of benzene rings is 2. The van der Waals surface area contributed by atoms with Crippen LogP contribution in [-0.4, -0.2) is 117 Å². The SMILES string of the molecule is CC[C@@]1(CO)O[C@@H](n2cnc3c(NC(=O)c4ccccc4)ncnc32)[C@@H](NC(=O)C(F)(F)F)C1C.CC[C@@]1(OC=O)O[C@@H](n2cnc3c(NC(=O)c4ccccc4)ncnc32)[C@@H](NC(=O)C(F)(F)F)C1C. The number of aliphatic hydroxyl groups excluding tert-OH is 1. The van der Waals surface area contributed by atoms with Crippen molar-refractivity contribution in [3.8, 4) is 0 Å². The van der Waals surface area contributed by atoms with Crippen LogP contribution in [0.4, 0.5) is 38.0 Å². The van der Waals surface area contributed by atoms with Gasteiger partial charge in [-0.15, -0.1) is 0 Å². The van der Waals surface area contributed by atoms with Crippen molar-refractivity contribution in [1.29, 1.82) is 0 Å². The third-order valence-electron chi connectivity index (χ3n) is 12.4. The van der Waals surface area contributed by atoms with Crippen molar-refractivity contribution in [2.45, 2.75) is 88.8 Å². The van der Waals surface area contributed by atoms with Crippen LogP contribution in [0, 0.1) is 11.8 Å². The van der Waals surface area contributed by atoms with E-state index in [4.69, 9.17) is 14.2 Å². The fourth-order valence-electron chi connectivity index (χ4n) is 8.42. The van der Waals surface area contributed by atoms with E-state index in [1.165, 1.54) is 35.0 Å². The number of aliphatic hydroxyl groups is 1. The van der Waals surface area contributed by atoms with Crippen LogP contribution < -0.4 is 21.3 Å². The zero-order valence-electron chi connectivity index (χ0n) is 37.8. The summed E-state index contributed by atoms with van der Waals surface area (Å²) in [7, 11) is 0. The summed E-state index contributed by atoms with van der Waals surface area (Å²) in [5.74, 6) is -8.26. The Labute approximate surface area is 397 Å². The first-order valence-electron chi connectivity index (χ1n) is 21.6. The molecule has 0 radical (unpaired) electrons. The zero-order valence-corrected chi connectivity index (χ0v) is 37.8. The Hall–Kier alpha value is -7.65. The van der Waals surface area contributed by atoms with E-state index in [9.17, 15) is 55.4 Å². The van der Waals surface area contributed by atoms with Crippen molar-refractivity contribution in [2.24, 2.45) is 11.8 Å². The number of amides is 4. The maximum absolute atomic E-state index is 13.1. The quantitative estimate of drug-likeness (QED) is 0.0753. The Balaban J connectivity index is 0.000000209. The number of hydrogen-bond acceptors (Lipinski definition) is 15. The summed E-state index contributed by atoms with van der Waals surface area (Å²) >= 11 is 0. The zero-order chi connectivity index (χ0) is 51.5. The second-order valence-electron chi connectivity index (χ2n) is 16.3. The minimum Gasteiger partial charge on any atom is -0.435 e. The molecule has 0 saturated carbocycles. The third-order valence-corrected chi connectivity index (χ3v) is 12.4. The van der Waals surface area contributed by atoms with Crippen LogP contribution >= 0.6 is 0 Å². The summed E-state index contributed by atoms with van der Waals surface area (Å²) in [6.45, 7) is 6.10. The molecule has 4 aromatic heterocycles. The summed E-state index contributed by atoms with van der Waals surface area (Å²) in [6, 6.07) is 14.3. The smallest absolute Gasteiger partial charge is 0.435 e. The average molecular weight is 999 g/mol. The van der Waals surface area contributed by atoms with E-state index < -0.39 is 90.4 Å². The Morgan fingerprint density at radius 1 is 0.676 bits per heavy atom. The van der Waals surface area contributed by atoms with Gasteiger partial charge in [0.25, 0.3) is 18.3 Å². The summed E-state index contributed by atoms with van der Waals surface area (Å²) in [6.07, 6.45) is -7.53. The molecule has 8 atom stereocenters. The molecule has 21 nitrogen and oxygen atoms in total. The highest BCUT2D eigenvalue weighted by Gasteiger charge is 2.58. The number of ether oxygens (including phenoxy) is 3. The first-order chi connectivity index (χ1) is 33.7. The second kappa shape index (κ2) is 20.4. The predicted molar refractivity (Wildman–Crippen MR) is 234 cm³/mol. The van der Waals surface area contributed by atoms with E-state index in [1.807, 2.05) is 10.6 Å². The molecule has 376 valence electrons. The number of halogens is 6. The number of nitrogens with one attached hydrogen (secondary N) is 4. The van der Waals surface area contributed by atoms with E-state index in [-0.39, 0.29) is 53.3 Å². The molecule has 0 aliphatic carbocycles. The van der Waals surface area contributed by atoms with Crippen molar-refractivity contribution in [1.82, 2.24) is 49.7 Å². The summed E-state index contributed by atoms with van der Waals surface area (Å²) in [5.41, 5.74) is 0.118. The molecule has 71 heavy (non-hydrogen) atoms. The number of rotatable bonds is 13. The van der Waals surface area contributed by atoms with Gasteiger partial charge in [0.15, 0.2) is 46.4 Å². The van der Waals surface area contributed by atoms with Gasteiger partial charge in [-0.25, -0.2) is 29.9 Å². The minimum absolute atomic E-state index is 0.0559. The number of hydrogen-bond donors (Lipinski definition) is 5. The Kier molecular flexibility index (Phi) is 14.7. The summed E-state index contributed by atoms with van der Waals surface area (Å²) in [5, 5.41) is 19.2. The normalized spacial score (nSPS) is 24.2. The minimum atomic E-state index is -5.15. The topological polar surface area (TPSA) is 269 Å². The fraction of sp³-hybridized carbons (Fsp3) is 0.386. The number of imidazole rings is 2. The van der Waals surface area contributed by atoms with E-state index >= 15 is 0 Å². The molecule has 2 unspecified atom stereocenters. The summed E-state index contributed by atoms with van der Waals surface area (Å²) < 4.78 is 98.2. The lowest BCUT2D eigenvalue weighted by Crippen LogP contribution is -2.49. The molecule has 2 fully saturated rings. The number of carbonyl (C=O) groups excluding carboxylic acids is 5. The molecule has 2 aromatic carbocycles. The maximum Gasteiger partial charge on any atom is 0.471 e. The molecule has 2 aliphatic rings. The second-order valence-corrected chi connectivity index (χ2v) is 16.3. The molecule has 4 amide bonds. The highest BCUT2D eigenvalue weighted by atomic mass is 19.4. The number of carbonyl (C=O) groups is 5. The Morgan fingerprint density at radius 2 is 1.11 bits per heavy atom. The van der Waals surface area contributed by atoms with Gasteiger partial charge in [-0.3, -0.25) is 33.1 Å². The van der Waals surface area contributed by atoms with Crippen LogP contribution in [0.5, 0.6) is 0 Å². The molecule has 0 bridgehead atoms. The first-order valence-corrected chi connectivity index (χ1v) is 21.6. The predicted octanol–water partition coefficient (Wildman–Crippen LogP) is 5.00. The van der Waals surface area contributed by atoms with Crippen LogP contribution in [0.3, 0.4) is 0 Å². The van der Waals surface area contributed by atoms with Crippen LogP contribution in [0.1, 0.15) is 73.7 Å². The standard InChI is InChI=1S/C22H21F3N6O5.C22H23F3N6O4/c1-3-21(35-11-32)12(2)14(29-20(34)22(23,24)25)19(36-21)31-10-28-15-16(26-9-27-17(15)31)30-18(33)13-7-5-4-6-8-13;1-3-21(9-32)12(2)14(29-20(34)22(23,24)25)19(35-21)31-11-28-15-16(26-10-27-17(15)31)30-18(33)13-7-5-4-6-8-13/h4-12,14,19H,3H2,1-2H3,(H,29,34)(H,26,27,30,33);4-8,10-12,14,19,32H,3,9H2,1-2H3,(H,29,34)(H,26,27,30,33)/t12?,14-,19+,21+;12?,14-,19+,21-/m00/s1. The number of fused-ring (bicyclic) bond motifs is 2. The van der Waals surface area contributed by atoms with E-state index in [0.29, 0.717) is 11.1 Å². The monoisotopic (exact) mass is 998 g/mol. The fourth-order valence-corrected chi connectivity index (χ4v) is 8.42. The molecule has 6 aromatic rings. The van der Waals surface area contributed by atoms with Gasteiger partial charge in [0.05, 0.1) is 36.9 Å². The third kappa shape index (κ3) is 10.2. The lowest BCUT2D eigenvalue weighted by atomic mass is 9.84. The van der Waals surface area contributed by atoms with Gasteiger partial charge in [0.2, 0.25) is 5.79 Å². The molecular formula is C44H44F6N12O9. The van der Waals surface area contributed by atoms with Crippen molar-refractivity contribution < 1.29 is 69.6 Å².